The number of nitrogens with one attached hydrogen (secondary N) is 1. The van der Waals surface area contributed by atoms with Crippen LogP contribution < -0.4 is 11.3 Å². The molecule has 0 atom stereocenters. The van der Waals surface area contributed by atoms with E-state index in [1.807, 2.05) is 0 Å². The molecule has 0 spiro atoms. The van der Waals surface area contributed by atoms with Gasteiger partial charge in [0.1, 0.15) is 10.2 Å². The van der Waals surface area contributed by atoms with Crippen LogP contribution >= 0.6 is 22.9 Å². The zero-order chi connectivity index (χ0) is 12.3. The molecule has 0 fully saturated rings. The summed E-state index contributed by atoms with van der Waals surface area (Å²) in [5.41, 5.74) is 3.20. The van der Waals surface area contributed by atoms with Gasteiger partial charge in [-0.2, -0.15) is 0 Å². The van der Waals surface area contributed by atoms with Gasteiger partial charge in [-0.3, -0.25) is 0 Å². The molecule has 90 valence electrons. The highest BCUT2D eigenvalue weighted by molar-refractivity contribution is 7.18. The molecule has 17 heavy (non-hydrogen) atoms. The lowest BCUT2D eigenvalue weighted by Gasteiger charge is -2.05. The van der Waals surface area contributed by atoms with Crippen molar-refractivity contribution in [2.45, 2.75) is 6.61 Å². The minimum absolute atomic E-state index is 0.378. The molecule has 0 saturated heterocycles. The summed E-state index contributed by atoms with van der Waals surface area (Å²) in [6, 6.07) is 1.71. The molecule has 0 unspecified atom stereocenters. The number of methoxy groups -OCH3 is 1. The van der Waals surface area contributed by atoms with Crippen molar-refractivity contribution in [3.8, 4) is 10.8 Å². The van der Waals surface area contributed by atoms with E-state index in [1.165, 1.54) is 11.3 Å². The Morgan fingerprint density at radius 3 is 2.94 bits per heavy atom. The quantitative estimate of drug-likeness (QED) is 0.650. The van der Waals surface area contributed by atoms with E-state index in [0.29, 0.717) is 27.6 Å². The van der Waals surface area contributed by atoms with E-state index < -0.39 is 0 Å². The smallest absolute Gasteiger partial charge is 0.191 e. The van der Waals surface area contributed by atoms with Gasteiger partial charge in [0.05, 0.1) is 18.5 Å². The largest absolute Gasteiger partial charge is 0.378 e. The summed E-state index contributed by atoms with van der Waals surface area (Å²) in [7, 11) is 1.59. The average molecular weight is 272 g/mol. The van der Waals surface area contributed by atoms with Crippen LogP contribution in [0.2, 0.25) is 4.34 Å². The van der Waals surface area contributed by atoms with Gasteiger partial charge in [-0.1, -0.05) is 22.9 Å². The molecule has 2 rings (SSSR count). The first-order valence-electron chi connectivity index (χ1n) is 4.68. The van der Waals surface area contributed by atoms with Crippen molar-refractivity contribution in [1.82, 2.24) is 15.0 Å². The molecule has 2 aromatic rings. The first-order valence-corrected chi connectivity index (χ1v) is 5.87. The van der Waals surface area contributed by atoms with Crippen LogP contribution in [-0.4, -0.2) is 22.1 Å². The third-order valence-corrected chi connectivity index (χ3v) is 3.00. The summed E-state index contributed by atoms with van der Waals surface area (Å²) in [5, 5.41) is 0.643. The standard InChI is InChI=1S/C9H10ClN5OS/c1-16-4-5-2-7(15-11)14-8(13-5)9-12-3-6(10)17-9/h2-3H,4,11H2,1H3,(H,13,14,15). The van der Waals surface area contributed by atoms with Crippen molar-refractivity contribution in [2.75, 3.05) is 12.5 Å². The SMILES string of the molecule is COCc1cc(NN)nc(-c2ncc(Cl)s2)n1. The fourth-order valence-corrected chi connectivity index (χ4v) is 2.09. The Morgan fingerprint density at radius 1 is 1.53 bits per heavy atom. The molecule has 0 aliphatic heterocycles. The fraction of sp³-hybridized carbons (Fsp3) is 0.222. The van der Waals surface area contributed by atoms with E-state index in [2.05, 4.69) is 20.4 Å². The van der Waals surface area contributed by atoms with Gasteiger partial charge in [-0.15, -0.1) is 0 Å². The molecule has 2 aromatic heterocycles. The van der Waals surface area contributed by atoms with E-state index in [4.69, 9.17) is 22.2 Å². The van der Waals surface area contributed by atoms with Crippen LogP contribution in [0.25, 0.3) is 10.8 Å². The maximum Gasteiger partial charge on any atom is 0.191 e. The molecule has 8 heteroatoms. The van der Waals surface area contributed by atoms with Crippen molar-refractivity contribution < 1.29 is 4.74 Å². The van der Waals surface area contributed by atoms with Crippen LogP contribution in [0.4, 0.5) is 5.82 Å². The van der Waals surface area contributed by atoms with Gasteiger partial charge >= 0.3 is 0 Å². The maximum absolute atomic E-state index is 5.82. The summed E-state index contributed by atoms with van der Waals surface area (Å²) in [5.74, 6) is 6.33. The Kier molecular flexibility index (Phi) is 3.85. The van der Waals surface area contributed by atoms with Crippen molar-refractivity contribution in [3.05, 3.63) is 22.3 Å². The average Bonchev–Trinajstić information content (AvgIpc) is 2.76. The molecule has 0 aromatic carbocycles. The fourth-order valence-electron chi connectivity index (χ4n) is 1.25. The number of hydrogen-bond acceptors (Lipinski definition) is 7. The number of nitrogens with two attached hydrogens (primary N) is 1. The highest BCUT2D eigenvalue weighted by atomic mass is 35.5. The Morgan fingerprint density at radius 2 is 2.35 bits per heavy atom. The van der Waals surface area contributed by atoms with Gasteiger partial charge in [-0.25, -0.2) is 20.8 Å². The van der Waals surface area contributed by atoms with Crippen molar-refractivity contribution >= 4 is 28.8 Å². The first kappa shape index (κ1) is 12.2. The highest BCUT2D eigenvalue weighted by Gasteiger charge is 2.10. The molecule has 0 aliphatic carbocycles. The summed E-state index contributed by atoms with van der Waals surface area (Å²) in [6.07, 6.45) is 1.56. The number of nitrogen functional groups attached to an aromatic ring is 1. The van der Waals surface area contributed by atoms with E-state index >= 15 is 0 Å². The van der Waals surface area contributed by atoms with Gasteiger partial charge < -0.3 is 10.2 Å². The van der Waals surface area contributed by atoms with E-state index in [0.717, 1.165) is 5.69 Å². The van der Waals surface area contributed by atoms with Crippen LogP contribution in [0.1, 0.15) is 5.69 Å². The second kappa shape index (κ2) is 5.37. The number of hydrazine groups is 1. The third kappa shape index (κ3) is 2.89. The van der Waals surface area contributed by atoms with Gasteiger partial charge in [-0.05, 0) is 0 Å². The lowest BCUT2D eigenvalue weighted by molar-refractivity contribution is 0.181. The second-order valence-electron chi connectivity index (χ2n) is 3.12. The van der Waals surface area contributed by atoms with E-state index in [-0.39, 0.29) is 0 Å². The zero-order valence-corrected chi connectivity index (χ0v) is 10.5. The lowest BCUT2D eigenvalue weighted by atomic mass is 10.4. The van der Waals surface area contributed by atoms with Gasteiger partial charge in [0.25, 0.3) is 0 Å². The Balaban J connectivity index is 2.42. The number of nitrogens with zero attached hydrogens (tertiary/aromatic N) is 3. The molecule has 0 saturated carbocycles. The number of halogens is 1. The number of thiazole rings is 1. The van der Waals surface area contributed by atoms with Gasteiger partial charge in [0.2, 0.25) is 0 Å². The van der Waals surface area contributed by atoms with E-state index in [9.17, 15) is 0 Å². The number of aromatic nitrogens is 3. The number of anilines is 1. The number of rotatable bonds is 4. The van der Waals surface area contributed by atoms with Crippen molar-refractivity contribution in [3.63, 3.8) is 0 Å². The van der Waals surface area contributed by atoms with Crippen molar-refractivity contribution in [1.29, 1.82) is 0 Å². The summed E-state index contributed by atoms with van der Waals surface area (Å²) in [6.45, 7) is 0.378. The summed E-state index contributed by atoms with van der Waals surface area (Å²) >= 11 is 7.13. The number of ether oxygens (including phenoxy) is 1. The van der Waals surface area contributed by atoms with Gasteiger partial charge in [0.15, 0.2) is 10.8 Å². The van der Waals surface area contributed by atoms with Crippen LogP contribution in [0, 0.1) is 0 Å². The predicted molar refractivity (Wildman–Crippen MR) is 66.7 cm³/mol. The number of hydrogen-bond donors (Lipinski definition) is 2. The Labute approximate surface area is 107 Å². The van der Waals surface area contributed by atoms with Crippen LogP contribution in [0.3, 0.4) is 0 Å². The molecule has 0 bridgehead atoms. The third-order valence-electron chi connectivity index (χ3n) is 1.89. The first-order chi connectivity index (χ1) is 8.22. The van der Waals surface area contributed by atoms with Crippen molar-refractivity contribution in [2.24, 2.45) is 5.84 Å². The minimum Gasteiger partial charge on any atom is -0.378 e. The van der Waals surface area contributed by atoms with Gasteiger partial charge in [0, 0.05) is 13.2 Å². The lowest BCUT2D eigenvalue weighted by Crippen LogP contribution is -2.10. The molecule has 3 N–H and O–H groups in total. The Bertz CT molecular complexity index is 518. The maximum atomic E-state index is 5.82. The highest BCUT2D eigenvalue weighted by Crippen LogP contribution is 2.26. The van der Waals surface area contributed by atoms with Crippen LogP contribution in [-0.2, 0) is 11.3 Å². The molecular weight excluding hydrogens is 262 g/mol. The van der Waals surface area contributed by atoms with Crippen LogP contribution in [0.15, 0.2) is 12.3 Å². The minimum atomic E-state index is 0.378. The molecule has 0 amide bonds. The summed E-state index contributed by atoms with van der Waals surface area (Å²) < 4.78 is 5.61. The van der Waals surface area contributed by atoms with Crippen LogP contribution in [0.5, 0.6) is 0 Å². The zero-order valence-electron chi connectivity index (χ0n) is 8.98. The topological polar surface area (TPSA) is 86.0 Å². The molecule has 0 aliphatic rings. The Hall–Kier alpha value is -1.28. The normalized spacial score (nSPS) is 10.5. The molecule has 2 heterocycles. The summed E-state index contributed by atoms with van der Waals surface area (Å²) in [4.78, 5) is 12.6. The second-order valence-corrected chi connectivity index (χ2v) is 4.78. The molecule has 0 radical (unpaired) electrons. The predicted octanol–water partition coefficient (Wildman–Crippen LogP) is 1.69. The molecule has 6 nitrogen and oxygen atoms in total. The monoisotopic (exact) mass is 271 g/mol. The van der Waals surface area contributed by atoms with E-state index in [1.54, 1.807) is 19.4 Å². The molecular formula is C9H10ClN5OS.